The molecular formula is C17H22N2O4. The zero-order chi connectivity index (χ0) is 15.6. The number of rotatable bonds is 2. The summed E-state index contributed by atoms with van der Waals surface area (Å²) in [5.74, 6) is 1.31. The third-order valence-corrected chi connectivity index (χ3v) is 4.76. The van der Waals surface area contributed by atoms with Gasteiger partial charge in [0, 0.05) is 13.2 Å². The van der Waals surface area contributed by atoms with Crippen molar-refractivity contribution in [2.45, 2.75) is 37.8 Å². The Morgan fingerprint density at radius 3 is 2.91 bits per heavy atom. The van der Waals surface area contributed by atoms with E-state index in [2.05, 4.69) is 5.32 Å². The first kappa shape index (κ1) is 14.6. The van der Waals surface area contributed by atoms with Crippen LogP contribution in [-0.4, -0.2) is 49.4 Å². The van der Waals surface area contributed by atoms with Gasteiger partial charge in [0.15, 0.2) is 11.5 Å². The molecule has 1 N–H and O–H groups in total. The molecule has 23 heavy (non-hydrogen) atoms. The standard InChI is InChI=1S/C17H22N2O4/c20-17(19-8-2-5-13(19)14-7-3-9-21-14)18-12-4-1-6-15-16(12)23-11-10-22-15/h1,4,6,13-14H,2-3,5,7-11H2,(H,18,20)/t13-,14-/m0/s1. The monoisotopic (exact) mass is 318 g/mol. The minimum atomic E-state index is -0.0782. The third-order valence-electron chi connectivity index (χ3n) is 4.76. The molecule has 0 saturated carbocycles. The highest BCUT2D eigenvalue weighted by atomic mass is 16.6. The Balaban J connectivity index is 1.49. The smallest absolute Gasteiger partial charge is 0.322 e. The van der Waals surface area contributed by atoms with Crippen LogP contribution in [0.2, 0.25) is 0 Å². The van der Waals surface area contributed by atoms with Crippen molar-refractivity contribution in [2.24, 2.45) is 0 Å². The molecule has 6 nitrogen and oxygen atoms in total. The summed E-state index contributed by atoms with van der Waals surface area (Å²) in [6.45, 7) is 2.64. The number of amides is 2. The van der Waals surface area contributed by atoms with Crippen LogP contribution in [0.3, 0.4) is 0 Å². The largest absolute Gasteiger partial charge is 0.486 e. The molecule has 2 atom stereocenters. The lowest BCUT2D eigenvalue weighted by Gasteiger charge is -2.29. The first-order chi connectivity index (χ1) is 11.3. The number of carbonyl (C=O) groups excluding carboxylic acids is 1. The highest BCUT2D eigenvalue weighted by Crippen LogP contribution is 2.38. The molecule has 0 aliphatic carbocycles. The zero-order valence-electron chi connectivity index (χ0n) is 13.1. The van der Waals surface area contributed by atoms with Gasteiger partial charge in [0.2, 0.25) is 0 Å². The van der Waals surface area contributed by atoms with Gasteiger partial charge < -0.3 is 24.4 Å². The van der Waals surface area contributed by atoms with Gasteiger partial charge in [-0.3, -0.25) is 0 Å². The second-order valence-corrected chi connectivity index (χ2v) is 6.21. The SMILES string of the molecule is O=C(Nc1cccc2c1OCCO2)N1CCC[C@H]1[C@@H]1CCCO1. The number of benzene rings is 1. The van der Waals surface area contributed by atoms with Crippen molar-refractivity contribution in [2.75, 3.05) is 31.7 Å². The van der Waals surface area contributed by atoms with Crippen molar-refractivity contribution in [1.29, 1.82) is 0 Å². The van der Waals surface area contributed by atoms with E-state index in [1.807, 2.05) is 23.1 Å². The summed E-state index contributed by atoms with van der Waals surface area (Å²) in [4.78, 5) is 14.6. The highest BCUT2D eigenvalue weighted by Gasteiger charge is 2.37. The summed E-state index contributed by atoms with van der Waals surface area (Å²) in [6.07, 6.45) is 4.38. The van der Waals surface area contributed by atoms with Gasteiger partial charge in [0.05, 0.1) is 17.8 Å². The molecule has 0 unspecified atom stereocenters. The Bertz CT molecular complexity index is 586. The van der Waals surface area contributed by atoms with Crippen LogP contribution in [0.4, 0.5) is 10.5 Å². The first-order valence-corrected chi connectivity index (χ1v) is 8.41. The van der Waals surface area contributed by atoms with E-state index in [4.69, 9.17) is 14.2 Å². The van der Waals surface area contributed by atoms with Crippen molar-refractivity contribution in [1.82, 2.24) is 4.90 Å². The van der Waals surface area contributed by atoms with Crippen molar-refractivity contribution >= 4 is 11.7 Å². The minimum absolute atomic E-state index is 0.0782. The highest BCUT2D eigenvalue weighted by molar-refractivity contribution is 5.92. The molecule has 4 rings (SSSR count). The van der Waals surface area contributed by atoms with E-state index in [9.17, 15) is 4.79 Å². The number of para-hydroxylation sites is 1. The molecule has 2 fully saturated rings. The van der Waals surface area contributed by atoms with E-state index < -0.39 is 0 Å². The van der Waals surface area contributed by atoms with Crippen LogP contribution < -0.4 is 14.8 Å². The number of carbonyl (C=O) groups is 1. The Morgan fingerprint density at radius 2 is 2.04 bits per heavy atom. The normalized spacial score (nSPS) is 26.3. The molecule has 0 radical (unpaired) electrons. The van der Waals surface area contributed by atoms with Crippen LogP contribution in [0.15, 0.2) is 18.2 Å². The third kappa shape index (κ3) is 2.83. The molecule has 3 heterocycles. The summed E-state index contributed by atoms with van der Waals surface area (Å²) < 4.78 is 17.0. The van der Waals surface area contributed by atoms with Gasteiger partial charge in [-0.2, -0.15) is 0 Å². The number of urea groups is 1. The van der Waals surface area contributed by atoms with Crippen molar-refractivity contribution in [3.05, 3.63) is 18.2 Å². The van der Waals surface area contributed by atoms with Crippen LogP contribution in [0.25, 0.3) is 0 Å². The second kappa shape index (κ2) is 6.28. The molecule has 0 aromatic heterocycles. The molecule has 1 aromatic rings. The number of fused-ring (bicyclic) bond motifs is 1. The number of anilines is 1. The Kier molecular flexibility index (Phi) is 3.99. The first-order valence-electron chi connectivity index (χ1n) is 8.41. The number of ether oxygens (including phenoxy) is 3. The van der Waals surface area contributed by atoms with E-state index in [0.717, 1.165) is 38.8 Å². The van der Waals surface area contributed by atoms with Gasteiger partial charge in [-0.1, -0.05) is 6.07 Å². The van der Waals surface area contributed by atoms with Crippen molar-refractivity contribution < 1.29 is 19.0 Å². The fraction of sp³-hybridized carbons (Fsp3) is 0.588. The molecule has 3 aliphatic rings. The van der Waals surface area contributed by atoms with Gasteiger partial charge in [-0.15, -0.1) is 0 Å². The molecule has 0 spiro atoms. The number of nitrogens with one attached hydrogen (secondary N) is 1. The van der Waals surface area contributed by atoms with Crippen LogP contribution in [0.1, 0.15) is 25.7 Å². The van der Waals surface area contributed by atoms with Gasteiger partial charge in [0.1, 0.15) is 13.2 Å². The average Bonchev–Trinajstić information content (AvgIpc) is 3.26. The van der Waals surface area contributed by atoms with Crippen molar-refractivity contribution in [3.63, 3.8) is 0 Å². The predicted molar refractivity (Wildman–Crippen MR) is 85.2 cm³/mol. The Morgan fingerprint density at radius 1 is 1.13 bits per heavy atom. The maximum Gasteiger partial charge on any atom is 0.322 e. The summed E-state index contributed by atoms with van der Waals surface area (Å²) in [5.41, 5.74) is 0.671. The Labute approximate surface area is 135 Å². The topological polar surface area (TPSA) is 60.0 Å². The maximum absolute atomic E-state index is 12.7. The second-order valence-electron chi connectivity index (χ2n) is 6.21. The number of likely N-dealkylation sites (tertiary alicyclic amines) is 1. The molecule has 2 amide bonds. The lowest BCUT2D eigenvalue weighted by molar-refractivity contribution is 0.0542. The van der Waals surface area contributed by atoms with Crippen LogP contribution >= 0.6 is 0 Å². The number of hydrogen-bond acceptors (Lipinski definition) is 4. The average molecular weight is 318 g/mol. The molecule has 3 aliphatic heterocycles. The van der Waals surface area contributed by atoms with E-state index in [-0.39, 0.29) is 18.2 Å². The molecule has 6 heteroatoms. The van der Waals surface area contributed by atoms with Gasteiger partial charge in [-0.25, -0.2) is 4.79 Å². The number of nitrogens with zero attached hydrogens (tertiary/aromatic N) is 1. The lowest BCUT2D eigenvalue weighted by atomic mass is 10.1. The van der Waals surface area contributed by atoms with Crippen LogP contribution in [-0.2, 0) is 4.74 Å². The van der Waals surface area contributed by atoms with Crippen LogP contribution in [0, 0.1) is 0 Å². The summed E-state index contributed by atoms with van der Waals surface area (Å²) in [6, 6.07) is 5.68. The summed E-state index contributed by atoms with van der Waals surface area (Å²) in [5, 5.41) is 2.99. The van der Waals surface area contributed by atoms with Crippen LogP contribution in [0.5, 0.6) is 11.5 Å². The number of hydrogen-bond donors (Lipinski definition) is 1. The van der Waals surface area contributed by atoms with E-state index in [1.54, 1.807) is 0 Å². The molecule has 1 aromatic carbocycles. The molecule has 124 valence electrons. The fourth-order valence-electron chi connectivity index (χ4n) is 3.70. The summed E-state index contributed by atoms with van der Waals surface area (Å²) in [7, 11) is 0. The fourth-order valence-corrected chi connectivity index (χ4v) is 3.70. The summed E-state index contributed by atoms with van der Waals surface area (Å²) >= 11 is 0. The van der Waals surface area contributed by atoms with Gasteiger partial charge >= 0.3 is 6.03 Å². The molecule has 0 bridgehead atoms. The lowest BCUT2D eigenvalue weighted by Crippen LogP contribution is -2.44. The van der Waals surface area contributed by atoms with Crippen molar-refractivity contribution in [3.8, 4) is 11.5 Å². The molecule has 2 saturated heterocycles. The van der Waals surface area contributed by atoms with E-state index in [1.165, 1.54) is 0 Å². The zero-order valence-corrected chi connectivity index (χ0v) is 13.1. The van der Waals surface area contributed by atoms with E-state index in [0.29, 0.717) is 30.4 Å². The molecular weight excluding hydrogens is 296 g/mol. The minimum Gasteiger partial charge on any atom is -0.486 e. The van der Waals surface area contributed by atoms with E-state index >= 15 is 0 Å². The maximum atomic E-state index is 12.7. The predicted octanol–water partition coefficient (Wildman–Crippen LogP) is 2.63. The Hall–Kier alpha value is -1.95. The van der Waals surface area contributed by atoms with Gasteiger partial charge in [-0.05, 0) is 37.8 Å². The van der Waals surface area contributed by atoms with Gasteiger partial charge in [0.25, 0.3) is 0 Å². The quantitative estimate of drug-likeness (QED) is 0.910.